The first-order valence-corrected chi connectivity index (χ1v) is 6.07. The van der Waals surface area contributed by atoms with Crippen LogP contribution in [-0.2, 0) is 11.3 Å². The Morgan fingerprint density at radius 2 is 2.40 bits per heavy atom. The highest BCUT2D eigenvalue weighted by Gasteiger charge is 2.16. The van der Waals surface area contributed by atoms with E-state index in [0.29, 0.717) is 12.3 Å². The molecule has 5 heteroatoms. The zero-order valence-corrected chi connectivity index (χ0v) is 10.6. The molecule has 0 spiro atoms. The molecule has 0 radical (unpaired) electrons. The van der Waals surface area contributed by atoms with Gasteiger partial charge in [0.1, 0.15) is 5.69 Å². The first-order valence-electron chi connectivity index (χ1n) is 4.95. The molecule has 0 saturated heterocycles. The summed E-state index contributed by atoms with van der Waals surface area (Å²) >= 11 is 3.36. The molecular formula is C10H15BrN2O2. The third-order valence-corrected chi connectivity index (χ3v) is 2.58. The summed E-state index contributed by atoms with van der Waals surface area (Å²) in [7, 11) is 0. The van der Waals surface area contributed by atoms with Crippen LogP contribution in [0.2, 0.25) is 0 Å². The molecular weight excluding hydrogens is 260 g/mol. The molecule has 0 N–H and O–H groups in total. The van der Waals surface area contributed by atoms with Gasteiger partial charge in [-0.2, -0.15) is 0 Å². The van der Waals surface area contributed by atoms with Crippen LogP contribution in [0.5, 0.6) is 0 Å². The number of halogens is 1. The van der Waals surface area contributed by atoms with Crippen molar-refractivity contribution in [3.05, 3.63) is 17.7 Å². The van der Waals surface area contributed by atoms with E-state index in [9.17, 15) is 4.79 Å². The Kier molecular flexibility index (Phi) is 4.81. The Labute approximate surface area is 97.8 Å². The molecule has 0 aliphatic heterocycles. The highest BCUT2D eigenvalue weighted by molar-refractivity contribution is 9.09. The number of nitrogens with zero attached hydrogens (tertiary/aromatic N) is 2. The third kappa shape index (κ3) is 3.06. The second-order valence-corrected chi connectivity index (χ2v) is 3.93. The lowest BCUT2D eigenvalue weighted by molar-refractivity contribution is 0.0512. The van der Waals surface area contributed by atoms with E-state index in [0.717, 1.165) is 24.0 Å². The molecule has 0 amide bonds. The second-order valence-electron chi connectivity index (χ2n) is 3.13. The standard InChI is InChI=1S/C10H15BrN2O2/c1-3-15-10(14)9-8(2)12-7-13(9)6-4-5-11/h7H,3-6H2,1-2H3. The van der Waals surface area contributed by atoms with Gasteiger partial charge in [0.25, 0.3) is 0 Å². The van der Waals surface area contributed by atoms with Crippen molar-refractivity contribution in [2.45, 2.75) is 26.8 Å². The van der Waals surface area contributed by atoms with Crippen LogP contribution in [0.1, 0.15) is 29.5 Å². The molecule has 0 aromatic carbocycles. The Hall–Kier alpha value is -0.840. The van der Waals surface area contributed by atoms with E-state index in [4.69, 9.17) is 4.74 Å². The lowest BCUT2D eigenvalue weighted by atomic mass is 10.3. The monoisotopic (exact) mass is 274 g/mol. The molecule has 0 fully saturated rings. The van der Waals surface area contributed by atoms with Crippen LogP contribution in [0, 0.1) is 6.92 Å². The predicted molar refractivity (Wildman–Crippen MR) is 61.3 cm³/mol. The molecule has 0 atom stereocenters. The minimum Gasteiger partial charge on any atom is -0.461 e. The second kappa shape index (κ2) is 5.90. The maximum atomic E-state index is 11.6. The minimum absolute atomic E-state index is 0.290. The van der Waals surface area contributed by atoms with Crippen molar-refractivity contribution in [2.24, 2.45) is 0 Å². The molecule has 84 valence electrons. The fourth-order valence-electron chi connectivity index (χ4n) is 1.35. The number of carbonyl (C=O) groups is 1. The first kappa shape index (κ1) is 12.2. The third-order valence-electron chi connectivity index (χ3n) is 2.02. The molecule has 0 saturated carbocycles. The molecule has 0 aliphatic carbocycles. The first-order chi connectivity index (χ1) is 7.20. The van der Waals surface area contributed by atoms with Crippen LogP contribution in [-0.4, -0.2) is 27.5 Å². The van der Waals surface area contributed by atoms with Gasteiger partial charge in [-0.05, 0) is 20.3 Å². The molecule has 4 nitrogen and oxygen atoms in total. The summed E-state index contributed by atoms with van der Waals surface area (Å²) < 4.78 is 6.82. The molecule has 0 bridgehead atoms. The summed E-state index contributed by atoms with van der Waals surface area (Å²) in [6.45, 7) is 4.78. The number of hydrogen-bond acceptors (Lipinski definition) is 3. The van der Waals surface area contributed by atoms with Gasteiger partial charge in [-0.1, -0.05) is 15.9 Å². The van der Waals surface area contributed by atoms with E-state index in [2.05, 4.69) is 20.9 Å². The Morgan fingerprint density at radius 3 is 3.00 bits per heavy atom. The van der Waals surface area contributed by atoms with Gasteiger partial charge in [-0.3, -0.25) is 0 Å². The highest BCUT2D eigenvalue weighted by Crippen LogP contribution is 2.09. The molecule has 1 heterocycles. The number of aryl methyl sites for hydroxylation is 2. The van der Waals surface area contributed by atoms with Gasteiger partial charge in [0, 0.05) is 11.9 Å². The average molecular weight is 275 g/mol. The zero-order valence-electron chi connectivity index (χ0n) is 8.99. The summed E-state index contributed by atoms with van der Waals surface area (Å²) in [5.74, 6) is -0.290. The van der Waals surface area contributed by atoms with Gasteiger partial charge in [0.15, 0.2) is 0 Å². The van der Waals surface area contributed by atoms with Gasteiger partial charge in [-0.25, -0.2) is 9.78 Å². The molecule has 1 rings (SSSR count). The SMILES string of the molecule is CCOC(=O)c1c(C)ncn1CCCBr. The van der Waals surface area contributed by atoms with Crippen LogP contribution in [0.25, 0.3) is 0 Å². The van der Waals surface area contributed by atoms with E-state index in [1.807, 2.05) is 11.5 Å². The number of ether oxygens (including phenoxy) is 1. The largest absolute Gasteiger partial charge is 0.461 e. The van der Waals surface area contributed by atoms with Gasteiger partial charge in [0.05, 0.1) is 18.6 Å². The van der Waals surface area contributed by atoms with Crippen molar-refractivity contribution in [2.75, 3.05) is 11.9 Å². The fourth-order valence-corrected chi connectivity index (χ4v) is 1.60. The normalized spacial score (nSPS) is 10.3. The molecule has 0 unspecified atom stereocenters. The maximum absolute atomic E-state index is 11.6. The zero-order chi connectivity index (χ0) is 11.3. The van der Waals surface area contributed by atoms with E-state index in [1.54, 1.807) is 13.3 Å². The Morgan fingerprint density at radius 1 is 1.67 bits per heavy atom. The summed E-state index contributed by atoms with van der Waals surface area (Å²) in [4.78, 5) is 15.7. The molecule has 1 aromatic rings. The predicted octanol–water partition coefficient (Wildman–Crippen LogP) is 2.15. The Balaban J connectivity index is 2.83. The minimum atomic E-state index is -0.290. The number of imidazole rings is 1. The van der Waals surface area contributed by atoms with Gasteiger partial charge in [0.2, 0.25) is 0 Å². The number of rotatable bonds is 5. The summed E-state index contributed by atoms with van der Waals surface area (Å²) in [5.41, 5.74) is 1.29. The van der Waals surface area contributed by atoms with Crippen LogP contribution in [0.3, 0.4) is 0 Å². The smallest absolute Gasteiger partial charge is 0.356 e. The Bertz CT molecular complexity index is 336. The number of alkyl halides is 1. The lowest BCUT2D eigenvalue weighted by Gasteiger charge is -2.07. The van der Waals surface area contributed by atoms with Crippen LogP contribution < -0.4 is 0 Å². The van der Waals surface area contributed by atoms with Crippen LogP contribution >= 0.6 is 15.9 Å². The topological polar surface area (TPSA) is 44.1 Å². The summed E-state index contributed by atoms with van der Waals surface area (Å²) in [6.07, 6.45) is 2.65. The summed E-state index contributed by atoms with van der Waals surface area (Å²) in [5, 5.41) is 0.909. The van der Waals surface area contributed by atoms with Gasteiger partial charge in [-0.15, -0.1) is 0 Å². The molecule has 15 heavy (non-hydrogen) atoms. The van der Waals surface area contributed by atoms with E-state index >= 15 is 0 Å². The maximum Gasteiger partial charge on any atom is 0.356 e. The van der Waals surface area contributed by atoms with Crippen molar-refractivity contribution >= 4 is 21.9 Å². The van der Waals surface area contributed by atoms with Gasteiger partial charge < -0.3 is 9.30 Å². The number of aromatic nitrogens is 2. The quantitative estimate of drug-likeness (QED) is 0.611. The number of hydrogen-bond donors (Lipinski definition) is 0. The van der Waals surface area contributed by atoms with Crippen molar-refractivity contribution in [1.82, 2.24) is 9.55 Å². The van der Waals surface area contributed by atoms with Gasteiger partial charge >= 0.3 is 5.97 Å². The lowest BCUT2D eigenvalue weighted by Crippen LogP contribution is -2.13. The van der Waals surface area contributed by atoms with E-state index in [1.165, 1.54) is 0 Å². The van der Waals surface area contributed by atoms with E-state index in [-0.39, 0.29) is 5.97 Å². The average Bonchev–Trinajstić information content (AvgIpc) is 2.57. The van der Waals surface area contributed by atoms with Crippen molar-refractivity contribution in [3.8, 4) is 0 Å². The fraction of sp³-hybridized carbons (Fsp3) is 0.600. The van der Waals surface area contributed by atoms with Crippen molar-refractivity contribution in [3.63, 3.8) is 0 Å². The molecule has 0 aliphatic rings. The summed E-state index contributed by atoms with van der Waals surface area (Å²) in [6, 6.07) is 0. The van der Waals surface area contributed by atoms with Crippen molar-refractivity contribution < 1.29 is 9.53 Å². The van der Waals surface area contributed by atoms with Crippen LogP contribution in [0.15, 0.2) is 6.33 Å². The van der Waals surface area contributed by atoms with E-state index < -0.39 is 0 Å². The van der Waals surface area contributed by atoms with Crippen LogP contribution in [0.4, 0.5) is 0 Å². The molecule has 1 aromatic heterocycles. The highest BCUT2D eigenvalue weighted by atomic mass is 79.9. The van der Waals surface area contributed by atoms with Crippen molar-refractivity contribution in [1.29, 1.82) is 0 Å². The number of carbonyl (C=O) groups excluding carboxylic acids is 1. The number of esters is 1.